The van der Waals surface area contributed by atoms with Crippen LogP contribution >= 0.6 is 23.3 Å². The number of anilines is 1. The maximum atomic E-state index is 4.72. The second kappa shape index (κ2) is 7.43. The summed E-state index contributed by atoms with van der Waals surface area (Å²) in [5.41, 5.74) is 1.66. The van der Waals surface area contributed by atoms with E-state index in [4.69, 9.17) is 4.98 Å². The highest BCUT2D eigenvalue weighted by Gasteiger charge is 2.38. The number of nitrogens with one attached hydrogen (secondary N) is 2. The third-order valence-electron chi connectivity index (χ3n) is 5.00. The Labute approximate surface area is 158 Å². The first-order valence-electron chi connectivity index (χ1n) is 9.38. The summed E-state index contributed by atoms with van der Waals surface area (Å²) in [7, 11) is 2.03. The maximum Gasteiger partial charge on any atom is 0.184 e. The van der Waals surface area contributed by atoms with Gasteiger partial charge >= 0.3 is 0 Å². The van der Waals surface area contributed by atoms with Crippen LogP contribution in [-0.2, 0) is 0 Å². The SMILES string of the molecule is CNCCCN(CC1(C)CC1)Sc1ccc2nc(NC3CC3)sc2c1. The van der Waals surface area contributed by atoms with E-state index in [0.29, 0.717) is 11.5 Å². The van der Waals surface area contributed by atoms with E-state index in [-0.39, 0.29) is 0 Å². The first-order chi connectivity index (χ1) is 12.1. The van der Waals surface area contributed by atoms with Gasteiger partial charge in [0.15, 0.2) is 5.13 Å². The van der Waals surface area contributed by atoms with Crippen LogP contribution in [0.4, 0.5) is 5.13 Å². The van der Waals surface area contributed by atoms with Gasteiger partial charge in [-0.1, -0.05) is 18.3 Å². The van der Waals surface area contributed by atoms with Crippen LogP contribution in [0.2, 0.25) is 0 Å². The molecule has 2 fully saturated rings. The molecule has 4 rings (SSSR count). The molecule has 2 aliphatic rings. The minimum Gasteiger partial charge on any atom is -0.359 e. The Morgan fingerprint density at radius 1 is 1.36 bits per heavy atom. The molecule has 1 aromatic heterocycles. The van der Waals surface area contributed by atoms with Crippen molar-refractivity contribution in [1.29, 1.82) is 0 Å². The van der Waals surface area contributed by atoms with E-state index in [2.05, 4.69) is 40.1 Å². The Kier molecular flexibility index (Phi) is 5.23. The lowest BCUT2D eigenvalue weighted by Gasteiger charge is -2.24. The summed E-state index contributed by atoms with van der Waals surface area (Å²) in [4.78, 5) is 6.06. The molecule has 0 aliphatic heterocycles. The Hall–Kier alpha value is -0.820. The zero-order valence-corrected chi connectivity index (χ0v) is 16.8. The number of thiazole rings is 1. The molecule has 4 nitrogen and oxygen atoms in total. The second-order valence-electron chi connectivity index (χ2n) is 7.79. The summed E-state index contributed by atoms with van der Waals surface area (Å²) in [6, 6.07) is 7.39. The monoisotopic (exact) mass is 376 g/mol. The number of fused-ring (bicyclic) bond motifs is 1. The van der Waals surface area contributed by atoms with E-state index in [9.17, 15) is 0 Å². The van der Waals surface area contributed by atoms with Crippen molar-refractivity contribution in [2.45, 2.75) is 50.0 Å². The number of hydrogen-bond acceptors (Lipinski definition) is 6. The fourth-order valence-electron chi connectivity index (χ4n) is 2.96. The topological polar surface area (TPSA) is 40.2 Å². The number of hydrogen-bond donors (Lipinski definition) is 2. The van der Waals surface area contributed by atoms with Crippen LogP contribution in [0, 0.1) is 5.41 Å². The number of aromatic nitrogens is 1. The van der Waals surface area contributed by atoms with E-state index in [1.807, 2.05) is 19.0 Å². The van der Waals surface area contributed by atoms with Crippen LogP contribution < -0.4 is 10.6 Å². The van der Waals surface area contributed by atoms with Gasteiger partial charge in [0.05, 0.1) is 10.2 Å². The van der Waals surface area contributed by atoms with Crippen molar-refractivity contribution < 1.29 is 0 Å². The van der Waals surface area contributed by atoms with Gasteiger partial charge in [-0.05, 0) is 81.3 Å². The molecule has 0 amide bonds. The van der Waals surface area contributed by atoms with E-state index < -0.39 is 0 Å². The minimum absolute atomic E-state index is 0.544. The van der Waals surface area contributed by atoms with Gasteiger partial charge in [0.25, 0.3) is 0 Å². The maximum absolute atomic E-state index is 4.72. The average Bonchev–Trinajstić information content (AvgIpc) is 3.48. The lowest BCUT2D eigenvalue weighted by Crippen LogP contribution is -2.26. The average molecular weight is 377 g/mol. The molecule has 0 bridgehead atoms. The van der Waals surface area contributed by atoms with Gasteiger partial charge in [-0.15, -0.1) is 0 Å². The highest BCUT2D eigenvalue weighted by Crippen LogP contribution is 2.47. The Morgan fingerprint density at radius 2 is 2.20 bits per heavy atom. The quantitative estimate of drug-likeness (QED) is 0.469. The van der Waals surface area contributed by atoms with Crippen molar-refractivity contribution >= 4 is 38.6 Å². The molecule has 2 aliphatic carbocycles. The highest BCUT2D eigenvalue weighted by atomic mass is 32.2. The fourth-order valence-corrected chi connectivity index (χ4v) is 5.21. The normalized spacial score (nSPS) is 18.8. The van der Waals surface area contributed by atoms with Gasteiger partial charge in [0.1, 0.15) is 0 Å². The van der Waals surface area contributed by atoms with E-state index in [1.165, 1.54) is 48.2 Å². The third-order valence-corrected chi connectivity index (χ3v) is 6.98. The second-order valence-corrected chi connectivity index (χ2v) is 9.99. The van der Waals surface area contributed by atoms with Crippen LogP contribution in [-0.4, -0.2) is 42.0 Å². The number of nitrogens with zero attached hydrogens (tertiary/aromatic N) is 2. The molecule has 0 saturated heterocycles. The Balaban J connectivity index is 1.43. The highest BCUT2D eigenvalue weighted by molar-refractivity contribution is 7.97. The van der Waals surface area contributed by atoms with Crippen LogP contribution in [0.15, 0.2) is 23.1 Å². The summed E-state index contributed by atoms with van der Waals surface area (Å²) >= 11 is 3.71. The van der Waals surface area contributed by atoms with Gasteiger partial charge in [-0.25, -0.2) is 9.29 Å². The zero-order chi connectivity index (χ0) is 17.3. The summed E-state index contributed by atoms with van der Waals surface area (Å²) < 4.78 is 3.86. The summed E-state index contributed by atoms with van der Waals surface area (Å²) in [5.74, 6) is 0. The smallest absolute Gasteiger partial charge is 0.184 e. The molecule has 25 heavy (non-hydrogen) atoms. The molecule has 0 radical (unpaired) electrons. The Morgan fingerprint density at radius 3 is 2.92 bits per heavy atom. The molecule has 2 N–H and O–H groups in total. The van der Waals surface area contributed by atoms with Crippen molar-refractivity contribution in [1.82, 2.24) is 14.6 Å². The zero-order valence-electron chi connectivity index (χ0n) is 15.2. The fraction of sp³-hybridized carbons (Fsp3) is 0.632. The molecule has 0 atom stereocenters. The van der Waals surface area contributed by atoms with Crippen molar-refractivity contribution in [3.8, 4) is 0 Å². The van der Waals surface area contributed by atoms with Crippen molar-refractivity contribution in [2.75, 3.05) is 32.0 Å². The van der Waals surface area contributed by atoms with Crippen LogP contribution in [0.1, 0.15) is 39.0 Å². The van der Waals surface area contributed by atoms with Gasteiger partial charge in [-0.2, -0.15) is 0 Å². The van der Waals surface area contributed by atoms with E-state index in [0.717, 1.165) is 23.7 Å². The first-order valence-corrected chi connectivity index (χ1v) is 11.0. The van der Waals surface area contributed by atoms with Gasteiger partial charge in [-0.3, -0.25) is 0 Å². The molecule has 1 aromatic carbocycles. The summed E-state index contributed by atoms with van der Waals surface area (Å²) in [6.07, 6.45) is 6.52. The molecule has 0 spiro atoms. The molecule has 136 valence electrons. The molecular weight excluding hydrogens is 348 g/mol. The number of benzene rings is 1. The largest absolute Gasteiger partial charge is 0.359 e. The first kappa shape index (κ1) is 17.6. The molecule has 0 unspecified atom stereocenters. The molecule has 1 heterocycles. The van der Waals surface area contributed by atoms with Crippen molar-refractivity contribution in [3.05, 3.63) is 18.2 Å². The predicted molar refractivity (Wildman–Crippen MR) is 110 cm³/mol. The predicted octanol–water partition coefficient (Wildman–Crippen LogP) is 4.59. The molecule has 2 aromatic rings. The third kappa shape index (κ3) is 4.88. The van der Waals surface area contributed by atoms with Crippen molar-refractivity contribution in [3.63, 3.8) is 0 Å². The summed E-state index contributed by atoms with van der Waals surface area (Å²) in [5, 5.41) is 7.87. The molecule has 6 heteroatoms. The molecule has 2 saturated carbocycles. The van der Waals surface area contributed by atoms with E-state index >= 15 is 0 Å². The lowest BCUT2D eigenvalue weighted by atomic mass is 10.1. The van der Waals surface area contributed by atoms with Crippen molar-refractivity contribution in [2.24, 2.45) is 5.41 Å². The number of rotatable bonds is 10. The van der Waals surface area contributed by atoms with Gasteiger partial charge in [0, 0.05) is 24.0 Å². The van der Waals surface area contributed by atoms with E-state index in [1.54, 1.807) is 11.3 Å². The summed E-state index contributed by atoms with van der Waals surface area (Å²) in [6.45, 7) is 5.82. The van der Waals surface area contributed by atoms with Crippen LogP contribution in [0.3, 0.4) is 0 Å². The standard InChI is InChI=1S/C19H28N4S2/c1-19(8-9-19)13-23(11-3-10-20-2)25-15-6-7-16-17(12-15)24-18(22-16)21-14-4-5-14/h6-7,12,14,20H,3-5,8-11,13H2,1-2H3,(H,21,22). The minimum atomic E-state index is 0.544. The van der Waals surface area contributed by atoms with Crippen LogP contribution in [0.5, 0.6) is 0 Å². The molecular formula is C19H28N4S2. The van der Waals surface area contributed by atoms with Gasteiger partial charge in [0.2, 0.25) is 0 Å². The lowest BCUT2D eigenvalue weighted by molar-refractivity contribution is 0.369. The van der Waals surface area contributed by atoms with Gasteiger partial charge < -0.3 is 10.6 Å². The Bertz CT molecular complexity index is 721. The van der Waals surface area contributed by atoms with Crippen LogP contribution in [0.25, 0.3) is 10.2 Å².